The van der Waals surface area contributed by atoms with Gasteiger partial charge in [0.15, 0.2) is 6.10 Å². The van der Waals surface area contributed by atoms with E-state index in [-0.39, 0.29) is 19.4 Å². The number of unbranched alkanes of at least 4 members (excludes halogenated alkanes) is 20. The Balaban J connectivity index is 4.24. The molecule has 10 nitrogen and oxygen atoms in total. The highest BCUT2D eigenvalue weighted by Crippen LogP contribution is 2.43. The Morgan fingerprint density at radius 2 is 0.965 bits per heavy atom. The number of carbonyl (C=O) groups excluding carboxylic acids is 2. The van der Waals surface area contributed by atoms with Gasteiger partial charge in [-0.15, -0.1) is 0 Å². The van der Waals surface area contributed by atoms with Crippen molar-refractivity contribution in [2.24, 2.45) is 0 Å². The summed E-state index contributed by atoms with van der Waals surface area (Å²) >= 11 is 0. The number of phosphoric acid groups is 1. The molecule has 0 rings (SSSR count). The van der Waals surface area contributed by atoms with Crippen LogP contribution in [0.3, 0.4) is 0 Å². The predicted octanol–water partition coefficient (Wildman–Crippen LogP) is 12.1. The van der Waals surface area contributed by atoms with Crippen molar-refractivity contribution in [1.82, 2.24) is 0 Å². The van der Waals surface area contributed by atoms with Crippen LogP contribution in [0.2, 0.25) is 0 Å². The molecule has 0 saturated carbocycles. The highest BCUT2D eigenvalue weighted by Gasteiger charge is 2.27. The summed E-state index contributed by atoms with van der Waals surface area (Å²) in [6.45, 7) is 2.20. The van der Waals surface area contributed by atoms with Gasteiger partial charge in [0.05, 0.1) is 19.8 Å². The summed E-state index contributed by atoms with van der Waals surface area (Å²) in [4.78, 5) is 34.9. The zero-order valence-electron chi connectivity index (χ0n) is 36.0. The maximum absolute atomic E-state index is 12.5. The lowest BCUT2D eigenvalue weighted by Gasteiger charge is -2.20. The lowest BCUT2D eigenvalue weighted by molar-refractivity contribution is -0.161. The van der Waals surface area contributed by atoms with Gasteiger partial charge in [0.1, 0.15) is 12.7 Å². The normalized spacial score (nSPS) is 14.3. The number of rotatable bonds is 42. The summed E-state index contributed by atoms with van der Waals surface area (Å²) in [5, 5.41) is 18.3. The van der Waals surface area contributed by atoms with Crippen LogP contribution in [0.4, 0.5) is 0 Å². The molecule has 0 radical (unpaired) electrons. The highest BCUT2D eigenvalue weighted by atomic mass is 31.2. The fraction of sp³-hybridized carbons (Fsp3) is 0.783. The Kier molecular flexibility index (Phi) is 40.5. The summed E-state index contributed by atoms with van der Waals surface area (Å²) in [5.41, 5.74) is 0. The molecule has 57 heavy (non-hydrogen) atoms. The second kappa shape index (κ2) is 42.1. The summed E-state index contributed by atoms with van der Waals surface area (Å²) in [7, 11) is -4.63. The minimum absolute atomic E-state index is 0.0636. The van der Waals surface area contributed by atoms with Crippen molar-refractivity contribution >= 4 is 19.8 Å². The summed E-state index contributed by atoms with van der Waals surface area (Å²) < 4.78 is 32.6. The Labute approximate surface area is 347 Å². The standard InChI is InChI=1S/C46H83O10P/c1-3-5-7-9-11-13-15-17-18-19-20-21-22-23-24-26-27-29-31-33-35-37-45(49)53-41-44(42-55-57(51,52)54-40-43(48)39-47)56-46(50)38-36-34-32-30-28-25-16-14-12-10-8-6-4-2/h6,8,12,14,25,28,32,34,43-44,47-48H,3-5,7,9-11,13,15-24,26-27,29-31,33,35-42H2,1-2H3,(H,51,52)/b8-6-,14-12-,28-25-,34-32-. The highest BCUT2D eigenvalue weighted by molar-refractivity contribution is 7.47. The Hall–Kier alpha value is -2.07. The van der Waals surface area contributed by atoms with Crippen LogP contribution < -0.4 is 0 Å². The Morgan fingerprint density at radius 3 is 1.42 bits per heavy atom. The van der Waals surface area contributed by atoms with Crippen molar-refractivity contribution in [3.63, 3.8) is 0 Å². The predicted molar refractivity (Wildman–Crippen MR) is 233 cm³/mol. The van der Waals surface area contributed by atoms with Crippen molar-refractivity contribution in [3.05, 3.63) is 48.6 Å². The van der Waals surface area contributed by atoms with Crippen LogP contribution in [-0.2, 0) is 32.7 Å². The van der Waals surface area contributed by atoms with Gasteiger partial charge in [0.2, 0.25) is 0 Å². The minimum atomic E-state index is -4.63. The van der Waals surface area contributed by atoms with Crippen LogP contribution in [0.5, 0.6) is 0 Å². The number of aliphatic hydroxyl groups excluding tert-OH is 2. The molecule has 0 fully saturated rings. The first kappa shape index (κ1) is 54.9. The van der Waals surface area contributed by atoms with Gasteiger partial charge in [0, 0.05) is 12.8 Å². The van der Waals surface area contributed by atoms with E-state index in [1.54, 1.807) is 0 Å². The number of hydrogen-bond donors (Lipinski definition) is 3. The van der Waals surface area contributed by atoms with Crippen molar-refractivity contribution in [2.45, 2.75) is 206 Å². The molecule has 3 atom stereocenters. The molecule has 3 N–H and O–H groups in total. The fourth-order valence-electron chi connectivity index (χ4n) is 6.07. The van der Waals surface area contributed by atoms with Crippen molar-refractivity contribution in [3.8, 4) is 0 Å². The third-order valence-corrected chi connectivity index (χ3v) is 10.5. The first-order valence-corrected chi connectivity index (χ1v) is 24.1. The zero-order chi connectivity index (χ0) is 41.9. The number of hydrogen-bond acceptors (Lipinski definition) is 9. The molecule has 0 aliphatic rings. The summed E-state index contributed by atoms with van der Waals surface area (Å²) in [5.74, 6) is -1.01. The van der Waals surface area contributed by atoms with Crippen LogP contribution in [0.25, 0.3) is 0 Å². The molecule has 0 bridgehead atoms. The van der Waals surface area contributed by atoms with Gasteiger partial charge < -0.3 is 24.6 Å². The number of carbonyl (C=O) groups is 2. The zero-order valence-corrected chi connectivity index (χ0v) is 36.9. The van der Waals surface area contributed by atoms with Crippen molar-refractivity contribution in [1.29, 1.82) is 0 Å². The maximum Gasteiger partial charge on any atom is 0.472 e. The van der Waals surface area contributed by atoms with Gasteiger partial charge in [-0.3, -0.25) is 18.6 Å². The Bertz CT molecular complexity index is 1090. The van der Waals surface area contributed by atoms with Gasteiger partial charge in [0.25, 0.3) is 0 Å². The van der Waals surface area contributed by atoms with E-state index in [0.717, 1.165) is 44.9 Å². The first-order valence-electron chi connectivity index (χ1n) is 22.6. The molecule has 0 amide bonds. The molecule has 0 heterocycles. The van der Waals surface area contributed by atoms with Gasteiger partial charge >= 0.3 is 19.8 Å². The molecular formula is C46H83O10P. The second-order valence-electron chi connectivity index (χ2n) is 15.1. The van der Waals surface area contributed by atoms with Crippen LogP contribution in [0, 0.1) is 0 Å². The molecule has 0 aromatic rings. The molecule has 0 spiro atoms. The maximum atomic E-state index is 12.5. The van der Waals surface area contributed by atoms with Crippen LogP contribution in [0.15, 0.2) is 48.6 Å². The van der Waals surface area contributed by atoms with E-state index >= 15 is 0 Å². The third kappa shape index (κ3) is 41.9. The smallest absolute Gasteiger partial charge is 0.462 e. The first-order chi connectivity index (χ1) is 27.7. The number of esters is 2. The van der Waals surface area contributed by atoms with E-state index in [9.17, 15) is 24.2 Å². The average Bonchev–Trinajstić information content (AvgIpc) is 3.20. The molecule has 0 aliphatic heterocycles. The Morgan fingerprint density at radius 1 is 0.544 bits per heavy atom. The molecule has 0 aromatic heterocycles. The van der Waals surface area contributed by atoms with E-state index in [1.165, 1.54) is 109 Å². The summed E-state index contributed by atoms with van der Waals surface area (Å²) in [6, 6.07) is 0. The number of allylic oxidation sites excluding steroid dienone is 8. The van der Waals surface area contributed by atoms with Gasteiger partial charge in [-0.05, 0) is 38.5 Å². The monoisotopic (exact) mass is 827 g/mol. The average molecular weight is 827 g/mol. The number of phosphoric ester groups is 1. The molecular weight excluding hydrogens is 743 g/mol. The number of ether oxygens (including phenoxy) is 2. The summed E-state index contributed by atoms with van der Waals surface area (Å²) in [6.07, 6.45) is 45.4. The quantitative estimate of drug-likeness (QED) is 0.0235. The third-order valence-electron chi connectivity index (χ3n) is 9.51. The molecule has 0 aromatic carbocycles. The topological polar surface area (TPSA) is 149 Å². The van der Waals surface area contributed by atoms with E-state index in [1.807, 2.05) is 12.2 Å². The van der Waals surface area contributed by atoms with E-state index in [0.29, 0.717) is 12.8 Å². The van der Waals surface area contributed by atoms with E-state index in [2.05, 4.69) is 54.8 Å². The van der Waals surface area contributed by atoms with Crippen molar-refractivity contribution < 1.29 is 47.8 Å². The SMILES string of the molecule is CC/C=C\C/C=C\C/C=C\C/C=C\CCC(=O)OC(COC(=O)CCCCCCCCCCCCCCCCCCCCCCC)COP(=O)(O)OCC(O)CO. The van der Waals surface area contributed by atoms with Gasteiger partial charge in [-0.2, -0.15) is 0 Å². The van der Waals surface area contributed by atoms with Crippen molar-refractivity contribution in [2.75, 3.05) is 26.4 Å². The van der Waals surface area contributed by atoms with Crippen LogP contribution in [0.1, 0.15) is 194 Å². The second-order valence-corrected chi connectivity index (χ2v) is 16.5. The largest absolute Gasteiger partial charge is 0.472 e. The lowest BCUT2D eigenvalue weighted by atomic mass is 10.0. The van der Waals surface area contributed by atoms with Gasteiger partial charge in [-0.25, -0.2) is 4.57 Å². The fourth-order valence-corrected chi connectivity index (χ4v) is 6.86. The minimum Gasteiger partial charge on any atom is -0.462 e. The number of aliphatic hydroxyl groups is 2. The van der Waals surface area contributed by atoms with Crippen LogP contribution in [-0.4, -0.2) is 65.7 Å². The molecule has 3 unspecified atom stereocenters. The van der Waals surface area contributed by atoms with Crippen LogP contribution >= 0.6 is 7.82 Å². The molecule has 0 aliphatic carbocycles. The van der Waals surface area contributed by atoms with E-state index in [4.69, 9.17) is 19.1 Å². The molecule has 11 heteroatoms. The van der Waals surface area contributed by atoms with Gasteiger partial charge in [-0.1, -0.05) is 191 Å². The molecule has 332 valence electrons. The van der Waals surface area contributed by atoms with E-state index < -0.39 is 51.8 Å². The lowest BCUT2D eigenvalue weighted by Crippen LogP contribution is -2.29. The molecule has 0 saturated heterocycles.